The van der Waals surface area contributed by atoms with Crippen LogP contribution in [0.2, 0.25) is 0 Å². The lowest BCUT2D eigenvalue weighted by Gasteiger charge is -2.07. The first-order valence-electron chi connectivity index (χ1n) is 10.4. The van der Waals surface area contributed by atoms with E-state index < -0.39 is 0 Å². The van der Waals surface area contributed by atoms with Gasteiger partial charge in [0, 0.05) is 0 Å². The molecule has 6 aromatic rings. The minimum Gasteiger partial charge on any atom is -0.436 e. The van der Waals surface area contributed by atoms with E-state index in [0.717, 1.165) is 44.5 Å². The van der Waals surface area contributed by atoms with Gasteiger partial charge in [0.25, 0.3) is 0 Å². The van der Waals surface area contributed by atoms with Gasteiger partial charge >= 0.3 is 0 Å². The monoisotopic (exact) mass is 414 g/mol. The van der Waals surface area contributed by atoms with Crippen LogP contribution < -0.4 is 0 Å². The van der Waals surface area contributed by atoms with Crippen molar-refractivity contribution in [3.8, 4) is 22.9 Å². The number of benzene rings is 4. The Bertz CT molecular complexity index is 1510. The van der Waals surface area contributed by atoms with E-state index >= 15 is 0 Å². The van der Waals surface area contributed by atoms with Crippen molar-refractivity contribution >= 4 is 34.4 Å². The number of hydrogen-bond acceptors (Lipinski definition) is 4. The van der Waals surface area contributed by atoms with Crippen LogP contribution in [0.15, 0.2) is 106 Å². The molecule has 4 nitrogen and oxygen atoms in total. The van der Waals surface area contributed by atoms with Gasteiger partial charge < -0.3 is 8.83 Å². The lowest BCUT2D eigenvalue weighted by atomic mass is 9.99. The van der Waals surface area contributed by atoms with Crippen LogP contribution in [0.1, 0.15) is 11.1 Å². The predicted octanol–water partition coefficient (Wildman–Crippen LogP) is 7.47. The molecule has 32 heavy (non-hydrogen) atoms. The molecule has 2 heterocycles. The number of para-hydroxylation sites is 4. The van der Waals surface area contributed by atoms with Crippen molar-refractivity contribution < 1.29 is 8.83 Å². The highest BCUT2D eigenvalue weighted by Crippen LogP contribution is 2.37. The summed E-state index contributed by atoms with van der Waals surface area (Å²) >= 11 is 0. The number of oxazole rings is 2. The topological polar surface area (TPSA) is 52.1 Å². The largest absolute Gasteiger partial charge is 0.436 e. The fourth-order valence-electron chi connectivity index (χ4n) is 3.84. The maximum atomic E-state index is 6.17. The summed E-state index contributed by atoms with van der Waals surface area (Å²) in [6, 6.07) is 31.8. The molecule has 0 saturated heterocycles. The minimum atomic E-state index is 0.539. The number of aromatic nitrogens is 2. The van der Waals surface area contributed by atoms with E-state index in [2.05, 4.69) is 30.4 Å². The highest BCUT2D eigenvalue weighted by molar-refractivity contribution is 5.90. The second-order valence-electron chi connectivity index (χ2n) is 7.49. The van der Waals surface area contributed by atoms with Crippen LogP contribution in [0.5, 0.6) is 0 Å². The van der Waals surface area contributed by atoms with Crippen molar-refractivity contribution in [2.24, 2.45) is 0 Å². The smallest absolute Gasteiger partial charge is 0.228 e. The molecule has 0 amide bonds. The predicted molar refractivity (Wildman–Crippen MR) is 128 cm³/mol. The zero-order valence-electron chi connectivity index (χ0n) is 17.1. The summed E-state index contributed by atoms with van der Waals surface area (Å²) in [5.41, 5.74) is 6.89. The summed E-state index contributed by atoms with van der Waals surface area (Å²) < 4.78 is 12.3. The van der Waals surface area contributed by atoms with E-state index in [-0.39, 0.29) is 0 Å². The second-order valence-corrected chi connectivity index (χ2v) is 7.49. The fourth-order valence-corrected chi connectivity index (χ4v) is 3.84. The first-order chi connectivity index (χ1) is 15.8. The van der Waals surface area contributed by atoms with Gasteiger partial charge in [0.15, 0.2) is 11.2 Å². The van der Waals surface area contributed by atoms with E-state index in [1.807, 2.05) is 78.9 Å². The molecule has 0 aliphatic rings. The fraction of sp³-hybridized carbons (Fsp3) is 0. The average Bonchev–Trinajstić information content (AvgIpc) is 3.47. The molecule has 6 rings (SSSR count). The number of fused-ring (bicyclic) bond motifs is 2. The average molecular weight is 414 g/mol. The van der Waals surface area contributed by atoms with Gasteiger partial charge in [0.2, 0.25) is 11.8 Å². The van der Waals surface area contributed by atoms with E-state index in [4.69, 9.17) is 18.8 Å². The van der Waals surface area contributed by atoms with Crippen LogP contribution in [-0.4, -0.2) is 9.97 Å². The van der Waals surface area contributed by atoms with Crippen molar-refractivity contribution in [1.82, 2.24) is 9.97 Å². The highest BCUT2D eigenvalue weighted by atomic mass is 16.4. The molecule has 0 atom stereocenters. The molecule has 4 heteroatoms. The molecule has 0 aliphatic carbocycles. The maximum Gasteiger partial charge on any atom is 0.228 e. The normalized spacial score (nSPS) is 11.6. The molecular formula is C28H18N2O2. The summed E-state index contributed by atoms with van der Waals surface area (Å²) in [5.74, 6) is 1.08. The van der Waals surface area contributed by atoms with Crippen molar-refractivity contribution in [3.05, 3.63) is 108 Å². The van der Waals surface area contributed by atoms with Crippen LogP contribution in [0, 0.1) is 0 Å². The summed E-state index contributed by atoms with van der Waals surface area (Å²) in [6.07, 6.45) is 4.16. The van der Waals surface area contributed by atoms with Gasteiger partial charge in [0.1, 0.15) is 11.0 Å². The number of nitrogens with zero attached hydrogens (tertiary/aromatic N) is 2. The molecule has 0 unspecified atom stereocenters. The molecule has 2 aromatic heterocycles. The quantitative estimate of drug-likeness (QED) is 0.281. The third kappa shape index (κ3) is 3.28. The Labute approximate surface area is 184 Å². The highest BCUT2D eigenvalue weighted by Gasteiger charge is 2.20. The van der Waals surface area contributed by atoms with Crippen LogP contribution in [0.4, 0.5) is 0 Å². The molecule has 152 valence electrons. The molecule has 0 bridgehead atoms. The zero-order valence-corrected chi connectivity index (χ0v) is 17.1. The molecule has 0 radical (unpaired) electrons. The SMILES string of the molecule is C(=C\c1cccc(-c2nc3ccccc3o2)c1-c1nc2ccccc2o1)/c1ccccc1. The van der Waals surface area contributed by atoms with Gasteiger partial charge in [-0.15, -0.1) is 0 Å². The van der Waals surface area contributed by atoms with Crippen molar-refractivity contribution in [3.63, 3.8) is 0 Å². The van der Waals surface area contributed by atoms with Crippen LogP contribution in [0.25, 0.3) is 57.3 Å². The Morgan fingerprint density at radius 3 is 1.88 bits per heavy atom. The van der Waals surface area contributed by atoms with Gasteiger partial charge in [-0.2, -0.15) is 0 Å². The van der Waals surface area contributed by atoms with E-state index in [1.54, 1.807) is 0 Å². The lowest BCUT2D eigenvalue weighted by Crippen LogP contribution is -1.90. The first-order valence-corrected chi connectivity index (χ1v) is 10.4. The van der Waals surface area contributed by atoms with E-state index in [1.165, 1.54) is 0 Å². The molecule has 0 saturated carbocycles. The lowest BCUT2D eigenvalue weighted by molar-refractivity contribution is 0.611. The molecule has 4 aromatic carbocycles. The summed E-state index contributed by atoms with van der Waals surface area (Å²) in [4.78, 5) is 9.49. The summed E-state index contributed by atoms with van der Waals surface area (Å²) in [5, 5.41) is 0. The summed E-state index contributed by atoms with van der Waals surface area (Å²) in [7, 11) is 0. The molecule has 0 spiro atoms. The van der Waals surface area contributed by atoms with Gasteiger partial charge in [0.05, 0.1) is 11.1 Å². The number of rotatable bonds is 4. The molecule has 0 fully saturated rings. The van der Waals surface area contributed by atoms with Crippen LogP contribution in [0.3, 0.4) is 0 Å². The van der Waals surface area contributed by atoms with Gasteiger partial charge in [-0.05, 0) is 41.5 Å². The van der Waals surface area contributed by atoms with Crippen molar-refractivity contribution in [2.75, 3.05) is 0 Å². The Morgan fingerprint density at radius 1 is 0.531 bits per heavy atom. The van der Waals surface area contributed by atoms with E-state index in [0.29, 0.717) is 11.8 Å². The van der Waals surface area contributed by atoms with Crippen LogP contribution >= 0.6 is 0 Å². The standard InChI is InChI=1S/C28H18N2O2/c1-2-9-19(10-3-1)17-18-20-11-8-12-21(27-29-22-13-4-6-15-24(22)31-27)26(20)28-30-23-14-5-7-16-25(23)32-28/h1-18H/b18-17+. The van der Waals surface area contributed by atoms with Crippen LogP contribution in [-0.2, 0) is 0 Å². The van der Waals surface area contributed by atoms with Gasteiger partial charge in [-0.25, -0.2) is 9.97 Å². The van der Waals surface area contributed by atoms with Crippen molar-refractivity contribution in [1.29, 1.82) is 0 Å². The maximum absolute atomic E-state index is 6.17. The van der Waals surface area contributed by atoms with Crippen molar-refractivity contribution in [2.45, 2.75) is 0 Å². The Kier molecular flexibility index (Phi) is 4.40. The van der Waals surface area contributed by atoms with E-state index in [9.17, 15) is 0 Å². The number of hydrogen-bond donors (Lipinski definition) is 0. The minimum absolute atomic E-state index is 0.539. The molecule has 0 N–H and O–H groups in total. The Hall–Kier alpha value is -4.44. The second kappa shape index (κ2) is 7.67. The van der Waals surface area contributed by atoms with Gasteiger partial charge in [-0.3, -0.25) is 0 Å². The Morgan fingerprint density at radius 2 is 1.16 bits per heavy atom. The van der Waals surface area contributed by atoms with Gasteiger partial charge in [-0.1, -0.05) is 78.9 Å². The third-order valence-electron chi connectivity index (χ3n) is 5.38. The first kappa shape index (κ1) is 18.3. The molecular weight excluding hydrogens is 396 g/mol. The Balaban J connectivity index is 1.57. The zero-order chi connectivity index (χ0) is 21.3. The molecule has 0 aliphatic heterocycles. The summed E-state index contributed by atoms with van der Waals surface area (Å²) in [6.45, 7) is 0. The third-order valence-corrected chi connectivity index (χ3v) is 5.38.